The number of nitriles is 1. The molecule has 0 saturated heterocycles. The number of likely N-dealkylation sites (N-methyl/N-ethyl adjacent to an activating group) is 1. The first-order valence-electron chi connectivity index (χ1n) is 6.89. The van der Waals surface area contributed by atoms with Gasteiger partial charge in [0.25, 0.3) is 0 Å². The van der Waals surface area contributed by atoms with E-state index in [9.17, 15) is 5.26 Å². The van der Waals surface area contributed by atoms with Gasteiger partial charge in [-0.25, -0.2) is 0 Å². The van der Waals surface area contributed by atoms with Crippen LogP contribution in [0.5, 0.6) is 0 Å². The molecule has 4 heteroatoms. The van der Waals surface area contributed by atoms with Crippen LogP contribution in [0, 0.1) is 25.2 Å². The fourth-order valence-electron chi connectivity index (χ4n) is 2.34. The second kappa shape index (κ2) is 7.10. The lowest BCUT2D eigenvalue weighted by atomic mass is 10.1. The minimum atomic E-state index is 0.440. The largest absolute Gasteiger partial charge is 0.382 e. The lowest BCUT2D eigenvalue weighted by Crippen LogP contribution is -2.37. The highest BCUT2D eigenvalue weighted by atomic mass is 15.2. The summed E-state index contributed by atoms with van der Waals surface area (Å²) in [6.45, 7) is 13.3. The Morgan fingerprint density at radius 2 is 2.00 bits per heavy atom. The smallest absolute Gasteiger partial charge is 0.103 e. The maximum atomic E-state index is 9.22. The van der Waals surface area contributed by atoms with E-state index >= 15 is 0 Å². The Labute approximate surface area is 116 Å². The first-order chi connectivity index (χ1) is 9.03. The zero-order valence-corrected chi connectivity index (χ0v) is 12.6. The molecule has 0 aliphatic heterocycles. The molecule has 0 fully saturated rings. The number of hydrogen-bond donors (Lipinski definition) is 1. The number of aromatic nitrogens is 1. The van der Waals surface area contributed by atoms with E-state index in [1.807, 2.05) is 19.9 Å². The lowest BCUT2D eigenvalue weighted by molar-refractivity contribution is 0.240. The van der Waals surface area contributed by atoms with Crippen LogP contribution < -0.4 is 5.32 Å². The molecule has 1 atom stereocenters. The van der Waals surface area contributed by atoms with Crippen molar-refractivity contribution in [2.45, 2.75) is 40.7 Å². The molecule has 0 aliphatic rings. The monoisotopic (exact) mass is 260 g/mol. The predicted octanol–water partition coefficient (Wildman–Crippen LogP) is 2.71. The van der Waals surface area contributed by atoms with Gasteiger partial charge in [0.15, 0.2) is 0 Å². The van der Waals surface area contributed by atoms with Crippen LogP contribution >= 0.6 is 0 Å². The van der Waals surface area contributed by atoms with Gasteiger partial charge in [0.1, 0.15) is 6.07 Å². The van der Waals surface area contributed by atoms with Gasteiger partial charge in [-0.2, -0.15) is 5.26 Å². The second-order valence-corrected chi connectivity index (χ2v) is 4.83. The number of pyridine rings is 1. The van der Waals surface area contributed by atoms with Gasteiger partial charge in [-0.1, -0.05) is 13.8 Å². The van der Waals surface area contributed by atoms with Gasteiger partial charge in [0, 0.05) is 18.3 Å². The molecule has 4 nitrogen and oxygen atoms in total. The van der Waals surface area contributed by atoms with E-state index in [0.717, 1.165) is 36.7 Å². The van der Waals surface area contributed by atoms with E-state index in [1.54, 1.807) is 0 Å². The molecule has 0 amide bonds. The van der Waals surface area contributed by atoms with Gasteiger partial charge in [-0.05, 0) is 39.9 Å². The average Bonchev–Trinajstić information content (AvgIpc) is 2.37. The van der Waals surface area contributed by atoms with Gasteiger partial charge in [0.2, 0.25) is 0 Å². The number of anilines is 1. The number of nitrogens with zero attached hydrogens (tertiary/aromatic N) is 3. The molecule has 19 heavy (non-hydrogen) atoms. The fourth-order valence-corrected chi connectivity index (χ4v) is 2.34. The summed E-state index contributed by atoms with van der Waals surface area (Å²) in [4.78, 5) is 6.72. The van der Waals surface area contributed by atoms with Gasteiger partial charge < -0.3 is 5.32 Å². The molecule has 104 valence electrons. The second-order valence-electron chi connectivity index (χ2n) is 4.83. The van der Waals surface area contributed by atoms with E-state index in [1.165, 1.54) is 0 Å². The minimum absolute atomic E-state index is 0.440. The van der Waals surface area contributed by atoms with Crippen LogP contribution in [0.15, 0.2) is 6.07 Å². The number of hydrogen-bond acceptors (Lipinski definition) is 4. The summed E-state index contributed by atoms with van der Waals surface area (Å²) in [7, 11) is 0. The molecule has 1 unspecified atom stereocenters. The van der Waals surface area contributed by atoms with Gasteiger partial charge >= 0.3 is 0 Å². The molecule has 1 rings (SSSR count). The summed E-state index contributed by atoms with van der Waals surface area (Å²) in [5, 5.41) is 12.6. The van der Waals surface area contributed by atoms with Crippen molar-refractivity contribution in [2.24, 2.45) is 0 Å². The summed E-state index contributed by atoms with van der Waals surface area (Å²) in [6.07, 6.45) is 0. The molecule has 0 bridgehead atoms. The maximum Gasteiger partial charge on any atom is 0.103 e. The van der Waals surface area contributed by atoms with Crippen LogP contribution in [0.4, 0.5) is 5.69 Å². The van der Waals surface area contributed by atoms with E-state index < -0.39 is 0 Å². The maximum absolute atomic E-state index is 9.22. The molecule has 1 heterocycles. The molecule has 0 radical (unpaired) electrons. The van der Waals surface area contributed by atoms with Gasteiger partial charge in [-0.3, -0.25) is 9.88 Å². The summed E-state index contributed by atoms with van der Waals surface area (Å²) < 4.78 is 0. The fraction of sp³-hybridized carbons (Fsp3) is 0.600. The van der Waals surface area contributed by atoms with Crippen LogP contribution in [0.2, 0.25) is 0 Å². The van der Waals surface area contributed by atoms with E-state index in [-0.39, 0.29) is 0 Å². The average molecular weight is 260 g/mol. The lowest BCUT2D eigenvalue weighted by Gasteiger charge is -2.27. The molecule has 0 spiro atoms. The molecule has 0 saturated carbocycles. The molecule has 1 aromatic heterocycles. The Bertz CT molecular complexity index is 458. The highest BCUT2D eigenvalue weighted by Crippen LogP contribution is 2.18. The topological polar surface area (TPSA) is 52.0 Å². The SMILES string of the molecule is CCN(CC)C(C)CNc1cc(C)nc(C)c1C#N. The highest BCUT2D eigenvalue weighted by Gasteiger charge is 2.12. The van der Waals surface area contributed by atoms with E-state index in [0.29, 0.717) is 11.6 Å². The zero-order chi connectivity index (χ0) is 14.4. The number of rotatable bonds is 6. The Balaban J connectivity index is 2.81. The summed E-state index contributed by atoms with van der Waals surface area (Å²) in [6, 6.07) is 4.62. The molecule has 0 aromatic carbocycles. The van der Waals surface area contributed by atoms with Crippen molar-refractivity contribution in [2.75, 3.05) is 25.0 Å². The van der Waals surface area contributed by atoms with Crippen molar-refractivity contribution >= 4 is 5.69 Å². The molecular weight excluding hydrogens is 236 g/mol. The minimum Gasteiger partial charge on any atom is -0.382 e. The third-order valence-electron chi connectivity index (χ3n) is 3.46. The summed E-state index contributed by atoms with van der Waals surface area (Å²) >= 11 is 0. The summed E-state index contributed by atoms with van der Waals surface area (Å²) in [5.41, 5.74) is 3.28. The van der Waals surface area contributed by atoms with Gasteiger partial charge in [-0.15, -0.1) is 0 Å². The van der Waals surface area contributed by atoms with Crippen molar-refractivity contribution in [3.63, 3.8) is 0 Å². The van der Waals surface area contributed by atoms with E-state index in [4.69, 9.17) is 0 Å². The molecule has 0 aliphatic carbocycles. The zero-order valence-electron chi connectivity index (χ0n) is 12.6. The Hall–Kier alpha value is -1.60. The Morgan fingerprint density at radius 1 is 1.37 bits per heavy atom. The number of nitrogens with one attached hydrogen (secondary N) is 1. The summed E-state index contributed by atoms with van der Waals surface area (Å²) in [5.74, 6) is 0. The third-order valence-corrected chi connectivity index (χ3v) is 3.46. The quantitative estimate of drug-likeness (QED) is 0.854. The van der Waals surface area contributed by atoms with Crippen molar-refractivity contribution in [1.29, 1.82) is 5.26 Å². The van der Waals surface area contributed by atoms with Gasteiger partial charge in [0.05, 0.1) is 16.9 Å². The van der Waals surface area contributed by atoms with Crippen molar-refractivity contribution < 1.29 is 0 Å². The number of aryl methyl sites for hydroxylation is 2. The standard InChI is InChI=1S/C15H24N4/c1-6-19(7-2)12(4)10-17-15-8-11(3)18-13(5)14(15)9-16/h8,12H,6-7,10H2,1-5H3,(H,17,18). The molecule has 1 aromatic rings. The van der Waals surface area contributed by atoms with Crippen LogP contribution in [-0.2, 0) is 0 Å². The highest BCUT2D eigenvalue weighted by molar-refractivity contribution is 5.59. The Morgan fingerprint density at radius 3 is 2.53 bits per heavy atom. The van der Waals surface area contributed by atoms with Crippen LogP contribution in [0.25, 0.3) is 0 Å². The van der Waals surface area contributed by atoms with Crippen molar-refractivity contribution in [1.82, 2.24) is 9.88 Å². The Kier molecular flexibility index (Phi) is 5.78. The van der Waals surface area contributed by atoms with Crippen LogP contribution in [-0.4, -0.2) is 35.6 Å². The first kappa shape index (κ1) is 15.5. The predicted molar refractivity (Wildman–Crippen MR) is 79.3 cm³/mol. The normalized spacial score (nSPS) is 12.3. The third kappa shape index (κ3) is 3.93. The van der Waals surface area contributed by atoms with Crippen LogP contribution in [0.3, 0.4) is 0 Å². The van der Waals surface area contributed by atoms with Crippen LogP contribution in [0.1, 0.15) is 37.7 Å². The van der Waals surface area contributed by atoms with Crippen molar-refractivity contribution in [3.05, 3.63) is 23.0 Å². The van der Waals surface area contributed by atoms with Crippen molar-refractivity contribution in [3.8, 4) is 6.07 Å². The molecular formula is C15H24N4. The molecule has 1 N–H and O–H groups in total. The first-order valence-corrected chi connectivity index (χ1v) is 6.89. The van der Waals surface area contributed by atoms with E-state index in [2.05, 4.69) is 42.0 Å².